The van der Waals surface area contributed by atoms with Crippen LogP contribution in [0.25, 0.3) is 0 Å². The number of hydrogen-bond donors (Lipinski definition) is 9. The number of hydrogen-bond acceptors (Lipinski definition) is 8. The molecule has 1 aliphatic rings. The van der Waals surface area contributed by atoms with Gasteiger partial charge in [-0.1, -0.05) is 56.7 Å². The molecule has 3 atom stereocenters. The van der Waals surface area contributed by atoms with Gasteiger partial charge in [-0.2, -0.15) is 0 Å². The van der Waals surface area contributed by atoms with Gasteiger partial charge >= 0.3 is 5.97 Å². The molecule has 0 saturated carbocycles. The molecule has 1 aliphatic heterocycles. The molecule has 1 fully saturated rings. The fourth-order valence-corrected chi connectivity index (χ4v) is 4.13. The van der Waals surface area contributed by atoms with E-state index < -0.39 is 73.1 Å². The predicted octanol–water partition coefficient (Wildman–Crippen LogP) is -1.07. The van der Waals surface area contributed by atoms with E-state index in [1.807, 2.05) is 32.0 Å². The molecule has 0 aliphatic carbocycles. The standard InChI is InChI=1S/C23H39N9O8.C7H8.C2H6/c1-2-16(33)26-8-4-3-6-14-22(40)32-13(7-5-9-27-23(24)25)20(38)28-12-18(35)31-15(10-19(36)37)21(39)29-11-17(34)30-14;1-7-5-3-2-4-6-7;1-2/h13-15H,2-12H2,1H3,(H,26,33)(H,28,38)(H,29,39)(H,30,34)(H,31,35)(H,32,40)(H,36,37)(H4,24,25,27);2-6H,1H3;1-2H3. The van der Waals surface area contributed by atoms with E-state index in [0.717, 1.165) is 0 Å². The first kappa shape index (κ1) is 43.8. The van der Waals surface area contributed by atoms with Gasteiger partial charge in [0, 0.05) is 19.5 Å². The fraction of sp³-hybridized carbons (Fsp3) is 0.562. The Morgan fingerprint density at radius 3 is 1.86 bits per heavy atom. The molecule has 11 N–H and O–H groups in total. The van der Waals surface area contributed by atoms with E-state index in [4.69, 9.17) is 16.6 Å². The number of carbonyl (C=O) groups excluding carboxylic acids is 6. The minimum Gasteiger partial charge on any atom is -0.481 e. The van der Waals surface area contributed by atoms with E-state index in [0.29, 0.717) is 25.8 Å². The molecule has 2 rings (SSSR count). The summed E-state index contributed by atoms with van der Waals surface area (Å²) >= 11 is 0. The maximum Gasteiger partial charge on any atom is 0.305 e. The number of aliphatic imine (C=N–C) groups is 1. The molecule has 1 aromatic rings. The highest BCUT2D eigenvalue weighted by atomic mass is 16.4. The van der Waals surface area contributed by atoms with Crippen molar-refractivity contribution in [2.24, 2.45) is 16.5 Å². The van der Waals surface area contributed by atoms with Crippen LogP contribution in [0.5, 0.6) is 0 Å². The van der Waals surface area contributed by atoms with Crippen LogP contribution < -0.4 is 43.4 Å². The third-order valence-corrected chi connectivity index (χ3v) is 6.61. The summed E-state index contributed by atoms with van der Waals surface area (Å²) in [5.41, 5.74) is 11.9. The molecular weight excluding hydrogens is 638 g/mol. The van der Waals surface area contributed by atoms with Crippen molar-refractivity contribution in [2.45, 2.75) is 90.8 Å². The zero-order chi connectivity index (χ0) is 37.2. The van der Waals surface area contributed by atoms with E-state index in [2.05, 4.69) is 55.9 Å². The zero-order valence-electron chi connectivity index (χ0n) is 28.8. The summed E-state index contributed by atoms with van der Waals surface area (Å²) in [7, 11) is 0. The number of aryl methyl sites for hydroxylation is 1. The predicted molar refractivity (Wildman–Crippen MR) is 184 cm³/mol. The molecule has 6 amide bonds. The lowest BCUT2D eigenvalue weighted by Crippen LogP contribution is -2.55. The van der Waals surface area contributed by atoms with E-state index in [1.165, 1.54) is 5.56 Å². The Bertz CT molecular complexity index is 1240. The lowest BCUT2D eigenvalue weighted by atomic mass is 10.1. The minimum atomic E-state index is -1.51. The normalized spacial score (nSPS) is 18.4. The summed E-state index contributed by atoms with van der Waals surface area (Å²) in [5.74, 6) is -5.60. The van der Waals surface area contributed by atoms with Crippen molar-refractivity contribution in [3.8, 4) is 0 Å². The number of guanidine groups is 1. The van der Waals surface area contributed by atoms with Crippen LogP contribution in [0.4, 0.5) is 0 Å². The molecule has 17 heteroatoms. The van der Waals surface area contributed by atoms with Gasteiger partial charge in [-0.25, -0.2) is 0 Å². The molecule has 274 valence electrons. The average molecular weight is 692 g/mol. The lowest BCUT2D eigenvalue weighted by Gasteiger charge is -2.23. The van der Waals surface area contributed by atoms with Gasteiger partial charge in [-0.05, 0) is 39.0 Å². The van der Waals surface area contributed by atoms with Crippen molar-refractivity contribution in [3.63, 3.8) is 0 Å². The summed E-state index contributed by atoms with van der Waals surface area (Å²) in [6, 6.07) is 6.53. The number of unbranched alkanes of at least 4 members (excludes halogenated alkanes) is 1. The van der Waals surface area contributed by atoms with Gasteiger partial charge in [-0.15, -0.1) is 0 Å². The highest BCUT2D eigenvalue weighted by molar-refractivity contribution is 5.97. The van der Waals surface area contributed by atoms with Gasteiger partial charge in [0.05, 0.1) is 19.5 Å². The van der Waals surface area contributed by atoms with E-state index in [1.54, 1.807) is 6.92 Å². The highest BCUT2D eigenvalue weighted by Crippen LogP contribution is 2.05. The molecule has 0 bridgehead atoms. The molecule has 1 heterocycles. The first-order valence-electron chi connectivity index (χ1n) is 16.3. The molecule has 3 unspecified atom stereocenters. The molecule has 0 aromatic heterocycles. The first-order chi connectivity index (χ1) is 23.3. The number of nitrogens with one attached hydrogen (secondary N) is 6. The second kappa shape index (κ2) is 25.8. The Kier molecular flexibility index (Phi) is 23.1. The van der Waals surface area contributed by atoms with Crippen LogP contribution in [0.3, 0.4) is 0 Å². The van der Waals surface area contributed by atoms with Crippen molar-refractivity contribution in [1.82, 2.24) is 31.9 Å². The largest absolute Gasteiger partial charge is 0.481 e. The van der Waals surface area contributed by atoms with Crippen molar-refractivity contribution in [2.75, 3.05) is 26.2 Å². The Balaban J connectivity index is 0.00000222. The molecular formula is C32H53N9O8. The van der Waals surface area contributed by atoms with Gasteiger partial charge < -0.3 is 48.5 Å². The van der Waals surface area contributed by atoms with Crippen LogP contribution in [0.1, 0.15) is 71.3 Å². The Morgan fingerprint density at radius 2 is 1.35 bits per heavy atom. The Morgan fingerprint density at radius 1 is 0.816 bits per heavy atom. The van der Waals surface area contributed by atoms with Crippen molar-refractivity contribution < 1.29 is 38.7 Å². The smallest absolute Gasteiger partial charge is 0.305 e. The summed E-state index contributed by atoms with van der Waals surface area (Å²) in [4.78, 5) is 89.8. The fourth-order valence-electron chi connectivity index (χ4n) is 4.13. The Hall–Kier alpha value is -5.22. The third-order valence-electron chi connectivity index (χ3n) is 6.61. The number of nitrogens with two attached hydrogens (primary N) is 2. The van der Waals surface area contributed by atoms with Gasteiger partial charge in [0.2, 0.25) is 35.4 Å². The number of carboxylic acids is 1. The monoisotopic (exact) mass is 691 g/mol. The highest BCUT2D eigenvalue weighted by Gasteiger charge is 2.29. The maximum atomic E-state index is 13.1. The number of amides is 6. The lowest BCUT2D eigenvalue weighted by molar-refractivity contribution is -0.140. The van der Waals surface area contributed by atoms with Crippen LogP contribution in [0.15, 0.2) is 35.3 Å². The quantitative estimate of drug-likeness (QED) is 0.0727. The van der Waals surface area contributed by atoms with Gasteiger partial charge in [0.1, 0.15) is 18.1 Å². The van der Waals surface area contributed by atoms with Crippen LogP contribution in [0, 0.1) is 6.92 Å². The first-order valence-corrected chi connectivity index (χ1v) is 16.3. The summed E-state index contributed by atoms with van der Waals surface area (Å²) in [5, 5.41) is 23.7. The van der Waals surface area contributed by atoms with Crippen LogP contribution in [-0.2, 0) is 33.6 Å². The van der Waals surface area contributed by atoms with Gasteiger partial charge in [0.25, 0.3) is 0 Å². The van der Waals surface area contributed by atoms with Crippen molar-refractivity contribution in [1.29, 1.82) is 0 Å². The third kappa shape index (κ3) is 21.3. The number of benzene rings is 1. The second-order valence-corrected chi connectivity index (χ2v) is 10.6. The van der Waals surface area contributed by atoms with Crippen molar-refractivity contribution >= 4 is 47.4 Å². The van der Waals surface area contributed by atoms with E-state index in [-0.39, 0.29) is 37.7 Å². The maximum absolute atomic E-state index is 13.1. The number of rotatable bonds is 12. The molecule has 0 radical (unpaired) electrons. The minimum absolute atomic E-state index is 0.0847. The molecule has 49 heavy (non-hydrogen) atoms. The summed E-state index contributed by atoms with van der Waals surface area (Å²) < 4.78 is 0. The average Bonchev–Trinajstić information content (AvgIpc) is 3.07. The number of aliphatic carboxylic acids is 1. The molecule has 0 spiro atoms. The van der Waals surface area contributed by atoms with Gasteiger partial charge in [-0.3, -0.25) is 38.6 Å². The molecule has 1 saturated heterocycles. The van der Waals surface area contributed by atoms with Crippen LogP contribution >= 0.6 is 0 Å². The second-order valence-electron chi connectivity index (χ2n) is 10.6. The number of carboxylic acid groups (broad SMARTS) is 1. The Labute approximate surface area is 287 Å². The number of carbonyl (C=O) groups is 7. The van der Waals surface area contributed by atoms with E-state index in [9.17, 15) is 33.6 Å². The van der Waals surface area contributed by atoms with Crippen LogP contribution in [-0.4, -0.2) is 96.8 Å². The summed E-state index contributed by atoms with van der Waals surface area (Å²) in [6.45, 7) is 7.13. The van der Waals surface area contributed by atoms with E-state index >= 15 is 0 Å². The summed E-state index contributed by atoms with van der Waals surface area (Å²) in [6.07, 6.45) is 1.02. The van der Waals surface area contributed by atoms with Gasteiger partial charge in [0.15, 0.2) is 5.96 Å². The SMILES string of the molecule is CC.CCC(=O)NCCCCC1NC(=O)CNC(=O)C(CC(=O)O)NC(=O)CNC(=O)C(CCCN=C(N)N)NC1=O.Cc1ccccc1. The molecule has 17 nitrogen and oxygen atoms in total. The van der Waals surface area contributed by atoms with Crippen LogP contribution in [0.2, 0.25) is 0 Å². The molecule has 1 aromatic carbocycles. The topological polar surface area (TPSA) is 276 Å². The van der Waals surface area contributed by atoms with Crippen molar-refractivity contribution in [3.05, 3.63) is 35.9 Å². The zero-order valence-corrected chi connectivity index (χ0v) is 28.8. The number of nitrogens with zero attached hydrogens (tertiary/aromatic N) is 1.